The molecule has 1 rings (SSSR count). The van der Waals surface area contributed by atoms with E-state index in [1.807, 2.05) is 25.1 Å². The Labute approximate surface area is 123 Å². The van der Waals surface area contributed by atoms with Gasteiger partial charge in [0.05, 0.1) is 5.56 Å². The van der Waals surface area contributed by atoms with E-state index in [1.54, 1.807) is 7.11 Å². The lowest BCUT2D eigenvalue weighted by molar-refractivity contribution is 0.0920. The SMILES string of the molecule is COCCC(C)(C)CNC(=O)c1cc(C)ccc1Br. The summed E-state index contributed by atoms with van der Waals surface area (Å²) in [5.74, 6) is -0.0407. The van der Waals surface area contributed by atoms with Gasteiger partial charge in [0.25, 0.3) is 5.91 Å². The van der Waals surface area contributed by atoms with Crippen molar-refractivity contribution in [2.45, 2.75) is 27.2 Å². The average molecular weight is 328 g/mol. The predicted molar refractivity (Wildman–Crippen MR) is 81.5 cm³/mol. The Morgan fingerprint density at radius 3 is 2.74 bits per heavy atom. The van der Waals surface area contributed by atoms with Gasteiger partial charge in [-0.15, -0.1) is 0 Å². The highest BCUT2D eigenvalue weighted by molar-refractivity contribution is 9.10. The summed E-state index contributed by atoms with van der Waals surface area (Å²) in [6.07, 6.45) is 0.915. The number of aryl methyl sites for hydroxylation is 1. The molecule has 0 aliphatic heterocycles. The molecule has 0 fully saturated rings. The zero-order valence-corrected chi connectivity index (χ0v) is 13.6. The average Bonchev–Trinajstić information content (AvgIpc) is 2.36. The van der Waals surface area contributed by atoms with Gasteiger partial charge in [0.15, 0.2) is 0 Å². The Bertz CT molecular complexity index is 444. The van der Waals surface area contributed by atoms with E-state index < -0.39 is 0 Å². The van der Waals surface area contributed by atoms with Crippen LogP contribution in [0.15, 0.2) is 22.7 Å². The molecule has 4 heteroatoms. The summed E-state index contributed by atoms with van der Waals surface area (Å²) in [5.41, 5.74) is 1.79. The van der Waals surface area contributed by atoms with Gasteiger partial charge >= 0.3 is 0 Å². The Hall–Kier alpha value is -0.870. The lowest BCUT2D eigenvalue weighted by Crippen LogP contribution is -2.34. The zero-order chi connectivity index (χ0) is 14.5. The van der Waals surface area contributed by atoms with E-state index in [0.29, 0.717) is 18.7 Å². The molecule has 0 unspecified atom stereocenters. The molecule has 1 aromatic carbocycles. The number of methoxy groups -OCH3 is 1. The van der Waals surface area contributed by atoms with E-state index >= 15 is 0 Å². The van der Waals surface area contributed by atoms with E-state index in [0.717, 1.165) is 16.5 Å². The summed E-state index contributed by atoms with van der Waals surface area (Å²) < 4.78 is 5.91. The van der Waals surface area contributed by atoms with Gasteiger partial charge in [-0.25, -0.2) is 0 Å². The second-order valence-electron chi connectivity index (χ2n) is 5.57. The molecule has 0 radical (unpaired) electrons. The molecule has 0 saturated carbocycles. The fourth-order valence-electron chi connectivity index (χ4n) is 1.69. The maximum absolute atomic E-state index is 12.2. The highest BCUT2D eigenvalue weighted by atomic mass is 79.9. The summed E-state index contributed by atoms with van der Waals surface area (Å²) in [4.78, 5) is 12.2. The van der Waals surface area contributed by atoms with Gasteiger partial charge in [0.2, 0.25) is 0 Å². The molecule has 0 bridgehead atoms. The van der Waals surface area contributed by atoms with Gasteiger partial charge < -0.3 is 10.1 Å². The van der Waals surface area contributed by atoms with E-state index in [9.17, 15) is 4.79 Å². The van der Waals surface area contributed by atoms with E-state index in [2.05, 4.69) is 35.1 Å². The van der Waals surface area contributed by atoms with Crippen LogP contribution in [0.2, 0.25) is 0 Å². The standard InChI is InChI=1S/C15H22BrNO2/c1-11-5-6-13(16)12(9-11)14(18)17-10-15(2,3)7-8-19-4/h5-6,9H,7-8,10H2,1-4H3,(H,17,18). The van der Waals surface area contributed by atoms with Crippen LogP contribution in [0.1, 0.15) is 36.2 Å². The largest absolute Gasteiger partial charge is 0.385 e. The van der Waals surface area contributed by atoms with Gasteiger partial charge in [-0.05, 0) is 46.8 Å². The van der Waals surface area contributed by atoms with Crippen LogP contribution < -0.4 is 5.32 Å². The number of amides is 1. The highest BCUT2D eigenvalue weighted by Gasteiger charge is 2.19. The summed E-state index contributed by atoms with van der Waals surface area (Å²) in [6, 6.07) is 5.77. The molecular formula is C15H22BrNO2. The van der Waals surface area contributed by atoms with Gasteiger partial charge in [-0.1, -0.05) is 25.5 Å². The smallest absolute Gasteiger partial charge is 0.252 e. The minimum atomic E-state index is -0.0407. The minimum Gasteiger partial charge on any atom is -0.385 e. The number of halogens is 1. The number of benzene rings is 1. The fourth-order valence-corrected chi connectivity index (χ4v) is 2.12. The molecule has 0 aliphatic carbocycles. The molecule has 3 nitrogen and oxygen atoms in total. The highest BCUT2D eigenvalue weighted by Crippen LogP contribution is 2.21. The molecule has 19 heavy (non-hydrogen) atoms. The monoisotopic (exact) mass is 327 g/mol. The molecule has 0 heterocycles. The fraction of sp³-hybridized carbons (Fsp3) is 0.533. The molecular weight excluding hydrogens is 306 g/mol. The van der Waals surface area contributed by atoms with Crippen molar-refractivity contribution in [2.75, 3.05) is 20.3 Å². The summed E-state index contributed by atoms with van der Waals surface area (Å²) >= 11 is 3.41. The first kappa shape index (κ1) is 16.2. The number of carbonyl (C=O) groups is 1. The van der Waals surface area contributed by atoms with Crippen LogP contribution in [0.4, 0.5) is 0 Å². The third-order valence-electron chi connectivity index (χ3n) is 3.08. The summed E-state index contributed by atoms with van der Waals surface area (Å²) in [5, 5.41) is 2.99. The van der Waals surface area contributed by atoms with Crippen LogP contribution in [0.5, 0.6) is 0 Å². The van der Waals surface area contributed by atoms with Gasteiger partial charge in [0.1, 0.15) is 0 Å². The predicted octanol–water partition coefficient (Wildman–Crippen LogP) is 3.55. The van der Waals surface area contributed by atoms with E-state index in [4.69, 9.17) is 4.74 Å². The number of hydrogen-bond acceptors (Lipinski definition) is 2. The first-order valence-corrected chi connectivity index (χ1v) is 7.18. The maximum Gasteiger partial charge on any atom is 0.252 e. The van der Waals surface area contributed by atoms with Gasteiger partial charge in [-0.3, -0.25) is 4.79 Å². The molecule has 0 saturated heterocycles. The van der Waals surface area contributed by atoms with E-state index in [1.165, 1.54) is 0 Å². The van der Waals surface area contributed by atoms with Crippen molar-refractivity contribution in [2.24, 2.45) is 5.41 Å². The van der Waals surface area contributed by atoms with Crippen molar-refractivity contribution in [3.05, 3.63) is 33.8 Å². The van der Waals surface area contributed by atoms with Crippen LogP contribution in [-0.2, 0) is 4.74 Å². The van der Waals surface area contributed by atoms with Crippen molar-refractivity contribution in [3.63, 3.8) is 0 Å². The number of rotatable bonds is 6. The topological polar surface area (TPSA) is 38.3 Å². The van der Waals surface area contributed by atoms with Crippen LogP contribution in [0.25, 0.3) is 0 Å². The van der Waals surface area contributed by atoms with Gasteiger partial charge in [-0.2, -0.15) is 0 Å². The van der Waals surface area contributed by atoms with Crippen molar-refractivity contribution in [1.82, 2.24) is 5.32 Å². The lowest BCUT2D eigenvalue weighted by atomic mass is 9.89. The van der Waals surface area contributed by atoms with Crippen molar-refractivity contribution in [1.29, 1.82) is 0 Å². The third-order valence-corrected chi connectivity index (χ3v) is 3.77. The number of hydrogen-bond donors (Lipinski definition) is 1. The summed E-state index contributed by atoms with van der Waals surface area (Å²) in [7, 11) is 1.69. The minimum absolute atomic E-state index is 0.0297. The van der Waals surface area contributed by atoms with Crippen LogP contribution >= 0.6 is 15.9 Å². The van der Waals surface area contributed by atoms with Crippen LogP contribution in [0.3, 0.4) is 0 Å². The molecule has 1 N–H and O–H groups in total. The van der Waals surface area contributed by atoms with Crippen LogP contribution in [-0.4, -0.2) is 26.2 Å². The van der Waals surface area contributed by atoms with Crippen LogP contribution in [0, 0.1) is 12.3 Å². The first-order chi connectivity index (χ1) is 8.85. The second-order valence-corrected chi connectivity index (χ2v) is 6.43. The Balaban J connectivity index is 2.62. The Morgan fingerprint density at radius 2 is 2.11 bits per heavy atom. The van der Waals surface area contributed by atoms with Gasteiger partial charge in [0, 0.05) is 24.7 Å². The molecule has 0 aromatic heterocycles. The number of nitrogens with one attached hydrogen (secondary N) is 1. The molecule has 0 aliphatic rings. The van der Waals surface area contributed by atoms with E-state index in [-0.39, 0.29) is 11.3 Å². The first-order valence-electron chi connectivity index (χ1n) is 6.39. The normalized spacial score (nSPS) is 11.4. The lowest BCUT2D eigenvalue weighted by Gasteiger charge is -2.24. The zero-order valence-electron chi connectivity index (χ0n) is 12.0. The molecule has 1 aromatic rings. The van der Waals surface area contributed by atoms with Crippen molar-refractivity contribution in [3.8, 4) is 0 Å². The van der Waals surface area contributed by atoms with Crippen molar-refractivity contribution < 1.29 is 9.53 Å². The number of carbonyl (C=O) groups excluding carboxylic acids is 1. The molecule has 0 spiro atoms. The maximum atomic E-state index is 12.2. The molecule has 1 amide bonds. The third kappa shape index (κ3) is 5.33. The Morgan fingerprint density at radius 1 is 1.42 bits per heavy atom. The Kier molecular flexibility index (Phi) is 6.01. The second kappa shape index (κ2) is 7.06. The number of ether oxygens (including phenoxy) is 1. The molecule has 106 valence electrons. The van der Waals surface area contributed by atoms with Crippen molar-refractivity contribution >= 4 is 21.8 Å². The summed E-state index contributed by atoms with van der Waals surface area (Å²) in [6.45, 7) is 7.56. The quantitative estimate of drug-likeness (QED) is 0.867. The molecule has 0 atom stereocenters.